The molecular weight excluding hydrogens is 378 g/mol. The quantitative estimate of drug-likeness (QED) is 0.689. The summed E-state index contributed by atoms with van der Waals surface area (Å²) in [6.45, 7) is 5.74. The van der Waals surface area contributed by atoms with Gasteiger partial charge in [0, 0.05) is 35.3 Å². The lowest BCUT2D eigenvalue weighted by Crippen LogP contribution is -2.52. The molecule has 0 radical (unpaired) electrons. The van der Waals surface area contributed by atoms with Gasteiger partial charge in [-0.3, -0.25) is 9.88 Å². The number of hydrogen-bond acceptors (Lipinski definition) is 6. The molecule has 0 unspecified atom stereocenters. The minimum Gasteiger partial charge on any atom is -0.317 e. The van der Waals surface area contributed by atoms with Gasteiger partial charge >= 0.3 is 6.03 Å². The third kappa shape index (κ3) is 2.96. The van der Waals surface area contributed by atoms with Crippen LogP contribution in [0.4, 0.5) is 10.5 Å². The maximum atomic E-state index is 13.0. The van der Waals surface area contributed by atoms with Crippen LogP contribution in [-0.2, 0) is 0 Å². The molecule has 148 valence electrons. The van der Waals surface area contributed by atoms with Gasteiger partial charge < -0.3 is 10.6 Å². The Morgan fingerprint density at radius 1 is 1.13 bits per heavy atom. The number of urea groups is 1. The predicted molar refractivity (Wildman–Crippen MR) is 113 cm³/mol. The second-order valence-corrected chi connectivity index (χ2v) is 7.39. The fraction of sp³-hybridized carbons (Fsp3) is 0.227. The van der Waals surface area contributed by atoms with Crippen LogP contribution < -0.4 is 15.5 Å². The topological polar surface area (TPSA) is 107 Å². The first-order chi connectivity index (χ1) is 14.7. The van der Waals surface area contributed by atoms with E-state index in [1.807, 2.05) is 29.2 Å². The van der Waals surface area contributed by atoms with Gasteiger partial charge in [0.25, 0.3) is 0 Å². The van der Waals surface area contributed by atoms with Crippen LogP contribution in [0, 0.1) is 11.3 Å². The van der Waals surface area contributed by atoms with Gasteiger partial charge in [-0.1, -0.05) is 6.58 Å². The van der Waals surface area contributed by atoms with E-state index >= 15 is 0 Å². The number of hydrogen-bond donors (Lipinski definition) is 2. The average Bonchev–Trinajstić information content (AvgIpc) is 2.79. The molecule has 0 atom stereocenters. The number of pyridine rings is 3. The first kappa shape index (κ1) is 18.2. The van der Waals surface area contributed by atoms with Crippen molar-refractivity contribution in [3.63, 3.8) is 0 Å². The van der Waals surface area contributed by atoms with E-state index in [-0.39, 0.29) is 12.1 Å². The van der Waals surface area contributed by atoms with Crippen LogP contribution in [0.15, 0.2) is 43.2 Å². The van der Waals surface area contributed by atoms with E-state index in [0.29, 0.717) is 28.1 Å². The summed E-state index contributed by atoms with van der Waals surface area (Å²) in [7, 11) is 0. The molecule has 1 saturated heterocycles. The Morgan fingerprint density at radius 3 is 2.70 bits per heavy atom. The molecule has 30 heavy (non-hydrogen) atoms. The molecule has 3 aromatic rings. The highest BCUT2D eigenvalue weighted by molar-refractivity contribution is 6.11. The minimum absolute atomic E-state index is 0.0748. The zero-order valence-corrected chi connectivity index (χ0v) is 16.2. The molecule has 8 heteroatoms. The monoisotopic (exact) mass is 397 g/mol. The van der Waals surface area contributed by atoms with E-state index in [2.05, 4.69) is 27.2 Å². The Balaban J connectivity index is 1.69. The van der Waals surface area contributed by atoms with Crippen LogP contribution in [-0.4, -0.2) is 40.1 Å². The second-order valence-electron chi connectivity index (χ2n) is 7.39. The third-order valence-electron chi connectivity index (χ3n) is 5.58. The number of nitrogens with one attached hydrogen (secondary N) is 2. The SMILES string of the molecule is C=C1NC(=O)N(C2CCNCC2)c2c1cnc1ccc(-c3ccc(C#N)nc3)nc21. The van der Waals surface area contributed by atoms with Crippen molar-refractivity contribution in [2.24, 2.45) is 0 Å². The smallest absolute Gasteiger partial charge is 0.317 e. The molecule has 2 N–H and O–H groups in total. The molecule has 0 spiro atoms. The minimum atomic E-state index is -0.181. The Kier molecular flexibility index (Phi) is 4.38. The fourth-order valence-electron chi connectivity index (χ4n) is 4.06. The highest BCUT2D eigenvalue weighted by Crippen LogP contribution is 2.38. The maximum absolute atomic E-state index is 13.0. The van der Waals surface area contributed by atoms with Crippen molar-refractivity contribution in [3.05, 3.63) is 54.5 Å². The van der Waals surface area contributed by atoms with E-state index in [9.17, 15) is 4.79 Å². The van der Waals surface area contributed by atoms with Gasteiger partial charge in [0.2, 0.25) is 0 Å². The Hall–Kier alpha value is -3.83. The molecular formula is C22H19N7O. The van der Waals surface area contributed by atoms with Crippen LogP contribution in [0.3, 0.4) is 0 Å². The Bertz CT molecular complexity index is 1210. The third-order valence-corrected chi connectivity index (χ3v) is 5.58. The van der Waals surface area contributed by atoms with Crippen molar-refractivity contribution < 1.29 is 4.79 Å². The van der Waals surface area contributed by atoms with Gasteiger partial charge in [0.15, 0.2) is 0 Å². The summed E-state index contributed by atoms with van der Waals surface area (Å²) in [6, 6.07) is 9.16. The molecule has 0 aliphatic carbocycles. The number of fused-ring (bicyclic) bond motifs is 3. The second kappa shape index (κ2) is 7.21. The Morgan fingerprint density at radius 2 is 1.97 bits per heavy atom. The molecule has 0 saturated carbocycles. The molecule has 1 fully saturated rings. The van der Waals surface area contributed by atoms with Gasteiger partial charge in [0.05, 0.1) is 16.9 Å². The van der Waals surface area contributed by atoms with Crippen LogP contribution in [0.25, 0.3) is 28.0 Å². The molecule has 0 aromatic carbocycles. The molecule has 2 amide bonds. The van der Waals surface area contributed by atoms with Gasteiger partial charge in [-0.25, -0.2) is 14.8 Å². The summed E-state index contributed by atoms with van der Waals surface area (Å²) >= 11 is 0. The van der Waals surface area contributed by atoms with E-state index in [0.717, 1.165) is 42.7 Å². The number of carbonyl (C=O) groups is 1. The zero-order chi connectivity index (χ0) is 20.7. The summed E-state index contributed by atoms with van der Waals surface area (Å²) in [5.74, 6) is 0. The number of amides is 2. The summed E-state index contributed by atoms with van der Waals surface area (Å²) in [6.07, 6.45) is 5.11. The lowest BCUT2D eigenvalue weighted by Gasteiger charge is -2.39. The molecule has 5 heterocycles. The standard InChI is InChI=1S/C22H19N7O/c1-13-17-12-26-19-5-4-18(14-2-3-15(10-23)25-11-14)28-20(19)21(17)29(22(30)27-13)16-6-8-24-9-7-16/h2-5,11-12,16,24H,1,6-9H2,(H,27,30). The van der Waals surface area contributed by atoms with Crippen molar-refractivity contribution in [1.82, 2.24) is 25.6 Å². The molecule has 0 bridgehead atoms. The molecule has 2 aliphatic heterocycles. The van der Waals surface area contributed by atoms with Crippen molar-refractivity contribution >= 4 is 28.4 Å². The highest BCUT2D eigenvalue weighted by Gasteiger charge is 2.35. The summed E-state index contributed by atoms with van der Waals surface area (Å²) in [5, 5.41) is 15.2. The largest absolute Gasteiger partial charge is 0.326 e. The van der Waals surface area contributed by atoms with Crippen molar-refractivity contribution in [3.8, 4) is 17.3 Å². The number of piperidine rings is 1. The zero-order valence-electron chi connectivity index (χ0n) is 16.2. The fourth-order valence-corrected chi connectivity index (χ4v) is 4.06. The number of nitrogens with zero attached hydrogens (tertiary/aromatic N) is 5. The van der Waals surface area contributed by atoms with E-state index in [1.54, 1.807) is 18.5 Å². The number of aromatic nitrogens is 3. The normalized spacial score (nSPS) is 16.8. The van der Waals surface area contributed by atoms with E-state index in [4.69, 9.17) is 10.2 Å². The summed E-state index contributed by atoms with van der Waals surface area (Å²) in [4.78, 5) is 28.3. The number of anilines is 1. The molecule has 8 nitrogen and oxygen atoms in total. The van der Waals surface area contributed by atoms with E-state index < -0.39 is 0 Å². The molecule has 5 rings (SSSR count). The van der Waals surface area contributed by atoms with Crippen LogP contribution in [0.5, 0.6) is 0 Å². The summed E-state index contributed by atoms with van der Waals surface area (Å²) < 4.78 is 0. The van der Waals surface area contributed by atoms with Crippen LogP contribution >= 0.6 is 0 Å². The molecule has 3 aromatic heterocycles. The Labute approximate surface area is 173 Å². The van der Waals surface area contributed by atoms with Crippen LogP contribution in [0.1, 0.15) is 24.1 Å². The predicted octanol–water partition coefficient (Wildman–Crippen LogP) is 2.82. The maximum Gasteiger partial charge on any atom is 0.326 e. The van der Waals surface area contributed by atoms with Gasteiger partial charge in [-0.2, -0.15) is 5.26 Å². The van der Waals surface area contributed by atoms with Crippen molar-refractivity contribution in [2.45, 2.75) is 18.9 Å². The van der Waals surface area contributed by atoms with Crippen molar-refractivity contribution in [1.29, 1.82) is 5.26 Å². The number of nitriles is 1. The number of carbonyl (C=O) groups excluding carboxylic acids is 1. The van der Waals surface area contributed by atoms with Gasteiger partial charge in [-0.05, 0) is 50.2 Å². The lowest BCUT2D eigenvalue weighted by molar-refractivity contribution is 0.245. The average molecular weight is 397 g/mol. The summed E-state index contributed by atoms with van der Waals surface area (Å²) in [5.41, 5.74) is 5.28. The first-order valence-corrected chi connectivity index (χ1v) is 9.82. The van der Waals surface area contributed by atoms with Crippen molar-refractivity contribution in [2.75, 3.05) is 18.0 Å². The number of rotatable bonds is 2. The highest BCUT2D eigenvalue weighted by atomic mass is 16.2. The van der Waals surface area contributed by atoms with Crippen LogP contribution in [0.2, 0.25) is 0 Å². The van der Waals surface area contributed by atoms with Gasteiger partial charge in [-0.15, -0.1) is 0 Å². The van der Waals surface area contributed by atoms with Gasteiger partial charge in [0.1, 0.15) is 17.3 Å². The van der Waals surface area contributed by atoms with E-state index in [1.165, 1.54) is 0 Å². The first-order valence-electron chi connectivity index (χ1n) is 9.82. The molecule has 2 aliphatic rings. The lowest BCUT2D eigenvalue weighted by atomic mass is 10.00.